The molecule has 0 spiro atoms. The van der Waals surface area contributed by atoms with Crippen molar-refractivity contribution >= 4 is 17.3 Å². The van der Waals surface area contributed by atoms with Crippen LogP contribution < -0.4 is 11.1 Å². The number of hydrogen-bond acceptors (Lipinski definition) is 2. The summed E-state index contributed by atoms with van der Waals surface area (Å²) < 4.78 is 13.4. The van der Waals surface area contributed by atoms with E-state index in [1.807, 2.05) is 0 Å². The fourth-order valence-corrected chi connectivity index (χ4v) is 2.59. The van der Waals surface area contributed by atoms with Crippen LogP contribution in [0, 0.1) is 26.6 Å². The number of benzene rings is 2. The summed E-state index contributed by atoms with van der Waals surface area (Å²) in [6, 6.07) is 8.43. The van der Waals surface area contributed by atoms with Gasteiger partial charge in [-0.1, -0.05) is 23.7 Å². The van der Waals surface area contributed by atoms with Crippen LogP contribution in [-0.4, -0.2) is 6.54 Å². The topological polar surface area (TPSA) is 38.0 Å². The Bertz CT molecular complexity index is 655. The highest BCUT2D eigenvalue weighted by Gasteiger charge is 2.15. The zero-order valence-corrected chi connectivity index (χ0v) is 13.3. The minimum atomic E-state index is -0.325. The third-order valence-corrected chi connectivity index (χ3v) is 4.08. The highest BCUT2D eigenvalue weighted by molar-refractivity contribution is 6.33. The standard InChI is InChI=1S/C17H20ClFN2/c1-10-6-12(3)14(7-11(10)2)17(9-20)21-16-8-13(19)4-5-15(16)18/h4-8,17,21H,9,20H2,1-3H3. The van der Waals surface area contributed by atoms with E-state index in [1.54, 1.807) is 6.07 Å². The maximum atomic E-state index is 13.4. The third kappa shape index (κ3) is 3.55. The molecule has 0 aliphatic heterocycles. The molecule has 4 heteroatoms. The number of nitrogens with one attached hydrogen (secondary N) is 1. The van der Waals surface area contributed by atoms with Crippen molar-refractivity contribution in [3.8, 4) is 0 Å². The Morgan fingerprint density at radius 2 is 1.76 bits per heavy atom. The molecule has 0 aromatic heterocycles. The van der Waals surface area contributed by atoms with Crippen LogP contribution in [0.15, 0.2) is 30.3 Å². The van der Waals surface area contributed by atoms with Gasteiger partial charge in [0, 0.05) is 6.54 Å². The summed E-state index contributed by atoms with van der Waals surface area (Å²) in [5, 5.41) is 3.73. The van der Waals surface area contributed by atoms with E-state index in [-0.39, 0.29) is 11.9 Å². The van der Waals surface area contributed by atoms with Crippen LogP contribution in [0.1, 0.15) is 28.3 Å². The molecule has 0 radical (unpaired) electrons. The van der Waals surface area contributed by atoms with Gasteiger partial charge in [0.25, 0.3) is 0 Å². The van der Waals surface area contributed by atoms with Gasteiger partial charge in [0.1, 0.15) is 5.82 Å². The lowest BCUT2D eigenvalue weighted by molar-refractivity contribution is 0.627. The molecular formula is C17H20ClFN2. The highest BCUT2D eigenvalue weighted by Crippen LogP contribution is 2.29. The SMILES string of the molecule is Cc1cc(C)c(C(CN)Nc2cc(F)ccc2Cl)cc1C. The first-order valence-corrected chi connectivity index (χ1v) is 7.29. The maximum absolute atomic E-state index is 13.4. The van der Waals surface area contributed by atoms with Gasteiger partial charge in [-0.3, -0.25) is 0 Å². The van der Waals surface area contributed by atoms with Crippen molar-refractivity contribution in [2.24, 2.45) is 5.73 Å². The molecule has 0 fully saturated rings. The Morgan fingerprint density at radius 1 is 1.10 bits per heavy atom. The van der Waals surface area contributed by atoms with Crippen LogP contribution in [0.4, 0.5) is 10.1 Å². The minimum Gasteiger partial charge on any atom is -0.376 e. The lowest BCUT2D eigenvalue weighted by Crippen LogP contribution is -2.22. The average molecular weight is 307 g/mol. The third-order valence-electron chi connectivity index (χ3n) is 3.75. The van der Waals surface area contributed by atoms with Gasteiger partial charge < -0.3 is 11.1 Å². The highest BCUT2D eigenvalue weighted by atomic mass is 35.5. The van der Waals surface area contributed by atoms with E-state index in [1.165, 1.54) is 23.3 Å². The molecule has 1 atom stereocenters. The molecule has 0 aliphatic carbocycles. The van der Waals surface area contributed by atoms with Crippen molar-refractivity contribution in [3.63, 3.8) is 0 Å². The van der Waals surface area contributed by atoms with Gasteiger partial charge in [0.2, 0.25) is 0 Å². The summed E-state index contributed by atoms with van der Waals surface area (Å²) in [4.78, 5) is 0. The molecule has 3 N–H and O–H groups in total. The van der Waals surface area contributed by atoms with Gasteiger partial charge in [-0.2, -0.15) is 0 Å². The second-order valence-electron chi connectivity index (χ2n) is 5.35. The zero-order chi connectivity index (χ0) is 15.6. The summed E-state index contributed by atoms with van der Waals surface area (Å²) >= 11 is 6.11. The first-order valence-electron chi connectivity index (χ1n) is 6.91. The van der Waals surface area contributed by atoms with Crippen LogP contribution in [0.25, 0.3) is 0 Å². The van der Waals surface area contributed by atoms with Crippen molar-refractivity contribution in [2.75, 3.05) is 11.9 Å². The fraction of sp³-hybridized carbons (Fsp3) is 0.294. The molecule has 21 heavy (non-hydrogen) atoms. The van der Waals surface area contributed by atoms with Crippen LogP contribution >= 0.6 is 11.6 Å². The number of rotatable bonds is 4. The van der Waals surface area contributed by atoms with E-state index in [2.05, 4.69) is 38.2 Å². The van der Waals surface area contributed by atoms with Gasteiger partial charge in [0.15, 0.2) is 0 Å². The Morgan fingerprint density at radius 3 is 2.43 bits per heavy atom. The normalized spacial score (nSPS) is 12.3. The lowest BCUT2D eigenvalue weighted by atomic mass is 9.95. The molecule has 2 aromatic rings. The maximum Gasteiger partial charge on any atom is 0.125 e. The molecule has 0 amide bonds. The molecular weight excluding hydrogens is 287 g/mol. The predicted octanol–water partition coefficient (Wildman–Crippen LogP) is 4.52. The first-order chi connectivity index (χ1) is 9.92. The fourth-order valence-electron chi connectivity index (χ4n) is 2.42. The Balaban J connectivity index is 2.36. The first kappa shape index (κ1) is 15.8. The molecule has 2 nitrogen and oxygen atoms in total. The second-order valence-corrected chi connectivity index (χ2v) is 5.76. The number of hydrogen-bond donors (Lipinski definition) is 2. The smallest absolute Gasteiger partial charge is 0.125 e. The van der Waals surface area contributed by atoms with E-state index >= 15 is 0 Å². The monoisotopic (exact) mass is 306 g/mol. The van der Waals surface area contributed by atoms with Gasteiger partial charge in [-0.15, -0.1) is 0 Å². The summed E-state index contributed by atoms with van der Waals surface area (Å²) in [5.74, 6) is -0.325. The van der Waals surface area contributed by atoms with Crippen LogP contribution in [-0.2, 0) is 0 Å². The molecule has 0 aliphatic rings. The van der Waals surface area contributed by atoms with E-state index in [9.17, 15) is 4.39 Å². The molecule has 0 bridgehead atoms. The molecule has 0 saturated carbocycles. The number of nitrogens with two attached hydrogens (primary N) is 1. The van der Waals surface area contributed by atoms with Crippen molar-refractivity contribution in [1.82, 2.24) is 0 Å². The molecule has 1 unspecified atom stereocenters. The average Bonchev–Trinajstić information content (AvgIpc) is 2.44. The van der Waals surface area contributed by atoms with Crippen LogP contribution in [0.2, 0.25) is 5.02 Å². The van der Waals surface area contributed by atoms with Crippen molar-refractivity contribution < 1.29 is 4.39 Å². The van der Waals surface area contributed by atoms with E-state index in [4.69, 9.17) is 17.3 Å². The Kier molecular flexibility index (Phi) is 4.86. The van der Waals surface area contributed by atoms with Crippen molar-refractivity contribution in [2.45, 2.75) is 26.8 Å². The summed E-state index contributed by atoms with van der Waals surface area (Å²) in [5.41, 5.74) is 11.2. The predicted molar refractivity (Wildman–Crippen MR) is 87.5 cm³/mol. The quantitative estimate of drug-likeness (QED) is 0.872. The van der Waals surface area contributed by atoms with E-state index in [0.717, 1.165) is 11.1 Å². The zero-order valence-electron chi connectivity index (χ0n) is 12.5. The van der Waals surface area contributed by atoms with Crippen molar-refractivity contribution in [3.05, 3.63) is 63.4 Å². The molecule has 2 rings (SSSR count). The van der Waals surface area contributed by atoms with Gasteiger partial charge in [-0.25, -0.2) is 4.39 Å². The van der Waals surface area contributed by atoms with Crippen LogP contribution in [0.3, 0.4) is 0 Å². The molecule has 0 heterocycles. The lowest BCUT2D eigenvalue weighted by Gasteiger charge is -2.22. The Labute approximate surface area is 130 Å². The Hall–Kier alpha value is -1.58. The second kappa shape index (κ2) is 6.46. The summed E-state index contributed by atoms with van der Waals surface area (Å²) in [6.07, 6.45) is 0. The molecule has 0 saturated heterocycles. The van der Waals surface area contributed by atoms with Gasteiger partial charge >= 0.3 is 0 Å². The van der Waals surface area contributed by atoms with Crippen molar-refractivity contribution in [1.29, 1.82) is 0 Å². The summed E-state index contributed by atoms with van der Waals surface area (Å²) in [7, 11) is 0. The largest absolute Gasteiger partial charge is 0.376 e. The van der Waals surface area contributed by atoms with E-state index < -0.39 is 0 Å². The summed E-state index contributed by atoms with van der Waals surface area (Å²) in [6.45, 7) is 6.61. The van der Waals surface area contributed by atoms with Gasteiger partial charge in [0.05, 0.1) is 16.8 Å². The van der Waals surface area contributed by atoms with Crippen LogP contribution in [0.5, 0.6) is 0 Å². The minimum absolute atomic E-state index is 0.108. The number of anilines is 1. The van der Waals surface area contributed by atoms with Gasteiger partial charge in [-0.05, 0) is 61.2 Å². The number of aryl methyl sites for hydroxylation is 3. The molecule has 112 valence electrons. The molecule has 2 aromatic carbocycles. The van der Waals surface area contributed by atoms with E-state index in [0.29, 0.717) is 17.3 Å². The number of halogens is 2.